The van der Waals surface area contributed by atoms with E-state index in [1.807, 2.05) is 32.8 Å². The number of nitrogens with one attached hydrogen (secondary N) is 1. The molecule has 1 unspecified atom stereocenters. The summed E-state index contributed by atoms with van der Waals surface area (Å²) in [6.07, 6.45) is 0. The van der Waals surface area contributed by atoms with E-state index < -0.39 is 17.0 Å². The Labute approximate surface area is 201 Å². The van der Waals surface area contributed by atoms with Crippen molar-refractivity contribution in [1.82, 2.24) is 19.4 Å². The molecule has 3 aromatic rings. The molecule has 1 heterocycles. The SMILES string of the molecule is CCn1c(C(C)N(CCN(C)C)C(=O)Nc2ccc([N+](=O)[O-])cc2)nc2cc(Cl)ccc2c1=O. The first-order chi connectivity index (χ1) is 16.1. The standard InChI is InChI=1S/C23H27ClN6O4/c1-5-28-21(26-20-14-16(24)6-11-19(20)22(28)31)15(2)29(13-12-27(3)4)23(32)25-17-7-9-18(10-8-17)30(33)34/h6-11,14-15H,5,12-13H2,1-4H3,(H,25,32). The van der Waals surface area contributed by atoms with E-state index in [1.165, 1.54) is 24.3 Å². The lowest BCUT2D eigenvalue weighted by Crippen LogP contribution is -2.43. The highest BCUT2D eigenvalue weighted by Gasteiger charge is 2.26. The highest BCUT2D eigenvalue weighted by molar-refractivity contribution is 6.31. The number of amides is 2. The van der Waals surface area contributed by atoms with Gasteiger partial charge in [0.15, 0.2) is 0 Å². The van der Waals surface area contributed by atoms with E-state index in [-0.39, 0.29) is 11.2 Å². The highest BCUT2D eigenvalue weighted by Crippen LogP contribution is 2.23. The number of carbonyl (C=O) groups excluding carboxylic acids is 1. The Kier molecular flexibility index (Phi) is 7.85. The predicted octanol–water partition coefficient (Wildman–Crippen LogP) is 4.13. The fourth-order valence-electron chi connectivity index (χ4n) is 3.62. The minimum Gasteiger partial charge on any atom is -0.313 e. The van der Waals surface area contributed by atoms with Crippen molar-refractivity contribution in [2.45, 2.75) is 26.4 Å². The molecule has 0 saturated heterocycles. The molecule has 1 atom stereocenters. The van der Waals surface area contributed by atoms with Crippen molar-refractivity contribution in [1.29, 1.82) is 0 Å². The Hall–Kier alpha value is -3.50. The van der Waals surface area contributed by atoms with Gasteiger partial charge in [0.25, 0.3) is 11.2 Å². The first kappa shape index (κ1) is 25.1. The van der Waals surface area contributed by atoms with Gasteiger partial charge in [0.1, 0.15) is 5.82 Å². The van der Waals surface area contributed by atoms with Crippen LogP contribution in [-0.2, 0) is 6.54 Å². The van der Waals surface area contributed by atoms with Crippen LogP contribution in [0.3, 0.4) is 0 Å². The predicted molar refractivity (Wildman–Crippen MR) is 132 cm³/mol. The third-order valence-electron chi connectivity index (χ3n) is 5.48. The molecule has 2 aromatic carbocycles. The monoisotopic (exact) mass is 486 g/mol. The second-order valence-corrected chi connectivity index (χ2v) is 8.52. The molecule has 0 fully saturated rings. The molecule has 180 valence electrons. The Morgan fingerprint density at radius 3 is 2.47 bits per heavy atom. The zero-order valence-electron chi connectivity index (χ0n) is 19.5. The molecule has 0 saturated carbocycles. The van der Waals surface area contributed by atoms with E-state index in [1.54, 1.807) is 27.7 Å². The summed E-state index contributed by atoms with van der Waals surface area (Å²) < 4.78 is 1.56. The van der Waals surface area contributed by atoms with Crippen LogP contribution in [0.1, 0.15) is 25.7 Å². The summed E-state index contributed by atoms with van der Waals surface area (Å²) >= 11 is 6.12. The fourth-order valence-corrected chi connectivity index (χ4v) is 3.78. The van der Waals surface area contributed by atoms with Gasteiger partial charge >= 0.3 is 6.03 Å². The lowest BCUT2D eigenvalue weighted by molar-refractivity contribution is -0.384. The van der Waals surface area contributed by atoms with Crippen molar-refractivity contribution < 1.29 is 9.72 Å². The number of likely N-dealkylation sites (N-methyl/N-ethyl adjacent to an activating group) is 1. The van der Waals surface area contributed by atoms with Gasteiger partial charge in [0.05, 0.1) is 21.9 Å². The minimum absolute atomic E-state index is 0.0678. The lowest BCUT2D eigenvalue weighted by Gasteiger charge is -2.31. The number of nitrogens with zero attached hydrogens (tertiary/aromatic N) is 5. The van der Waals surface area contributed by atoms with Crippen LogP contribution >= 0.6 is 11.6 Å². The number of halogens is 1. The summed E-state index contributed by atoms with van der Waals surface area (Å²) in [4.78, 5) is 45.1. The molecular weight excluding hydrogens is 460 g/mol. The van der Waals surface area contributed by atoms with E-state index >= 15 is 0 Å². The number of nitro benzene ring substituents is 1. The number of urea groups is 1. The molecule has 0 aliphatic carbocycles. The van der Waals surface area contributed by atoms with Crippen LogP contribution in [0, 0.1) is 10.1 Å². The third-order valence-corrected chi connectivity index (χ3v) is 5.72. The van der Waals surface area contributed by atoms with Gasteiger partial charge in [-0.25, -0.2) is 9.78 Å². The van der Waals surface area contributed by atoms with E-state index in [0.717, 1.165) is 0 Å². The Morgan fingerprint density at radius 1 is 1.21 bits per heavy atom. The first-order valence-corrected chi connectivity index (χ1v) is 11.2. The van der Waals surface area contributed by atoms with Gasteiger partial charge in [-0.05, 0) is 58.3 Å². The second kappa shape index (κ2) is 10.6. The van der Waals surface area contributed by atoms with E-state index in [9.17, 15) is 19.7 Å². The first-order valence-electron chi connectivity index (χ1n) is 10.8. The average Bonchev–Trinajstić information content (AvgIpc) is 2.78. The van der Waals surface area contributed by atoms with E-state index in [0.29, 0.717) is 47.1 Å². The number of hydrogen-bond donors (Lipinski definition) is 1. The van der Waals surface area contributed by atoms with Crippen molar-refractivity contribution in [2.75, 3.05) is 32.5 Å². The van der Waals surface area contributed by atoms with Crippen molar-refractivity contribution in [3.05, 3.63) is 73.8 Å². The van der Waals surface area contributed by atoms with Gasteiger partial charge in [0, 0.05) is 42.5 Å². The fraction of sp³-hybridized carbons (Fsp3) is 0.348. The molecule has 2 amide bonds. The summed E-state index contributed by atoms with van der Waals surface area (Å²) in [5, 5.41) is 14.6. The van der Waals surface area contributed by atoms with Crippen LogP contribution in [0.15, 0.2) is 47.3 Å². The van der Waals surface area contributed by atoms with E-state index in [4.69, 9.17) is 16.6 Å². The Bertz CT molecular complexity index is 1260. The number of aromatic nitrogens is 2. The Balaban J connectivity index is 1.99. The molecule has 1 N–H and O–H groups in total. The number of carbonyl (C=O) groups is 1. The summed E-state index contributed by atoms with van der Waals surface area (Å²) in [6, 6.07) is 9.58. The molecule has 0 spiro atoms. The maximum Gasteiger partial charge on any atom is 0.322 e. The van der Waals surface area contributed by atoms with Crippen molar-refractivity contribution >= 4 is 39.9 Å². The van der Waals surface area contributed by atoms with Crippen LogP contribution in [-0.4, -0.2) is 57.5 Å². The van der Waals surface area contributed by atoms with Gasteiger partial charge in [-0.1, -0.05) is 11.6 Å². The molecule has 3 rings (SSSR count). The molecule has 1 aromatic heterocycles. The number of anilines is 1. The molecule has 10 nitrogen and oxygen atoms in total. The van der Waals surface area contributed by atoms with Crippen LogP contribution in [0.25, 0.3) is 10.9 Å². The zero-order chi connectivity index (χ0) is 25.0. The number of benzene rings is 2. The van der Waals surface area contributed by atoms with Gasteiger partial charge in [-0.3, -0.25) is 19.5 Å². The maximum absolute atomic E-state index is 13.3. The average molecular weight is 487 g/mol. The highest BCUT2D eigenvalue weighted by atomic mass is 35.5. The van der Waals surface area contributed by atoms with Crippen molar-refractivity contribution in [3.63, 3.8) is 0 Å². The quantitative estimate of drug-likeness (QED) is 0.378. The summed E-state index contributed by atoms with van der Waals surface area (Å²) in [7, 11) is 3.80. The summed E-state index contributed by atoms with van der Waals surface area (Å²) in [6.45, 7) is 4.99. The third kappa shape index (κ3) is 5.52. The molecule has 0 bridgehead atoms. The molecule has 0 radical (unpaired) electrons. The summed E-state index contributed by atoms with van der Waals surface area (Å²) in [5.41, 5.74) is 0.618. The number of nitro groups is 1. The topological polar surface area (TPSA) is 114 Å². The van der Waals surface area contributed by atoms with Gasteiger partial charge < -0.3 is 15.1 Å². The lowest BCUT2D eigenvalue weighted by atomic mass is 10.2. The number of hydrogen-bond acceptors (Lipinski definition) is 6. The van der Waals surface area contributed by atoms with E-state index in [2.05, 4.69) is 5.32 Å². The normalized spacial score (nSPS) is 12.1. The second-order valence-electron chi connectivity index (χ2n) is 8.09. The number of rotatable bonds is 8. The summed E-state index contributed by atoms with van der Waals surface area (Å²) in [5.74, 6) is 0.444. The van der Waals surface area contributed by atoms with Crippen LogP contribution < -0.4 is 10.9 Å². The molecule has 0 aliphatic rings. The molecule has 34 heavy (non-hydrogen) atoms. The molecule has 0 aliphatic heterocycles. The van der Waals surface area contributed by atoms with Gasteiger partial charge in [0.2, 0.25) is 0 Å². The Morgan fingerprint density at radius 2 is 1.88 bits per heavy atom. The molecular formula is C23H27ClN6O4. The zero-order valence-corrected chi connectivity index (χ0v) is 20.2. The minimum atomic E-state index is -0.547. The largest absolute Gasteiger partial charge is 0.322 e. The van der Waals surface area contributed by atoms with Crippen LogP contribution in [0.5, 0.6) is 0 Å². The van der Waals surface area contributed by atoms with Gasteiger partial charge in [-0.15, -0.1) is 0 Å². The van der Waals surface area contributed by atoms with Crippen LogP contribution in [0.2, 0.25) is 5.02 Å². The maximum atomic E-state index is 13.3. The molecule has 11 heteroatoms. The van der Waals surface area contributed by atoms with Gasteiger partial charge in [-0.2, -0.15) is 0 Å². The van der Waals surface area contributed by atoms with Crippen LogP contribution in [0.4, 0.5) is 16.2 Å². The number of non-ortho nitro benzene ring substituents is 1. The van der Waals surface area contributed by atoms with Crippen molar-refractivity contribution in [2.24, 2.45) is 0 Å². The number of fused-ring (bicyclic) bond motifs is 1. The smallest absolute Gasteiger partial charge is 0.313 e. The van der Waals surface area contributed by atoms with Crippen molar-refractivity contribution in [3.8, 4) is 0 Å².